The summed E-state index contributed by atoms with van der Waals surface area (Å²) in [6, 6.07) is 16.8. The third-order valence-corrected chi connectivity index (χ3v) is 5.02. The van der Waals surface area contributed by atoms with Gasteiger partial charge in [0.25, 0.3) is 0 Å². The first kappa shape index (κ1) is 17.8. The zero-order valence-electron chi connectivity index (χ0n) is 15.6. The second-order valence-electron chi connectivity index (χ2n) is 6.84. The quantitative estimate of drug-likeness (QED) is 0.451. The van der Waals surface area contributed by atoms with Crippen molar-refractivity contribution in [1.82, 2.24) is 19.6 Å². The number of fused-ring (bicyclic) bond motifs is 1. The van der Waals surface area contributed by atoms with Gasteiger partial charge in [-0.3, -0.25) is 9.50 Å². The number of aromatic amines is 1. The molecule has 5 aromatic rings. The molecule has 0 fully saturated rings. The van der Waals surface area contributed by atoms with Crippen LogP contribution in [0.3, 0.4) is 0 Å². The number of hydrogen-bond donors (Lipinski definition) is 2. The summed E-state index contributed by atoms with van der Waals surface area (Å²) in [5, 5.41) is 16.3. The van der Waals surface area contributed by atoms with Gasteiger partial charge < -0.3 is 5.11 Å². The Hall–Kier alpha value is -4.26. The molecule has 7 heteroatoms. The van der Waals surface area contributed by atoms with Gasteiger partial charge in [0, 0.05) is 28.5 Å². The van der Waals surface area contributed by atoms with E-state index in [1.54, 1.807) is 48.8 Å². The average Bonchev–Trinajstić information content (AvgIpc) is 3.41. The predicted octanol–water partition coefficient (Wildman–Crippen LogP) is 4.90. The first-order valence-corrected chi connectivity index (χ1v) is 9.21. The number of halogens is 1. The molecular weight excluding hydrogens is 383 g/mol. The lowest BCUT2D eigenvalue weighted by Gasteiger charge is -2.07. The molecule has 2 N–H and O–H groups in total. The number of benzene rings is 2. The average molecular weight is 398 g/mol. The normalized spacial score (nSPS) is 11.1. The van der Waals surface area contributed by atoms with Gasteiger partial charge in [-0.05, 0) is 48.5 Å². The smallest absolute Gasteiger partial charge is 0.335 e. The number of rotatable bonds is 4. The van der Waals surface area contributed by atoms with Gasteiger partial charge in [0.2, 0.25) is 0 Å². The summed E-state index contributed by atoms with van der Waals surface area (Å²) in [5.41, 5.74) is 6.12. The molecule has 0 atom stereocenters. The topological polar surface area (TPSA) is 83.3 Å². The standard InChI is InChI=1S/C23H15FN4O2/c24-18-8-5-15(6-9-18)22-19(11-26-27-22)17-7-10-21-25-12-20(28(21)13-17)14-1-3-16(4-2-14)23(29)30/h1-13H,(H,26,27)(H,29,30). The molecule has 0 amide bonds. The summed E-state index contributed by atoms with van der Waals surface area (Å²) in [5.74, 6) is -1.26. The Morgan fingerprint density at radius 2 is 1.60 bits per heavy atom. The first-order chi connectivity index (χ1) is 14.6. The van der Waals surface area contributed by atoms with E-state index in [0.717, 1.165) is 39.3 Å². The van der Waals surface area contributed by atoms with Gasteiger partial charge >= 0.3 is 5.97 Å². The van der Waals surface area contributed by atoms with Gasteiger partial charge in [-0.15, -0.1) is 0 Å². The predicted molar refractivity (Wildman–Crippen MR) is 111 cm³/mol. The van der Waals surface area contributed by atoms with Gasteiger partial charge in [-0.1, -0.05) is 12.1 Å². The number of hydrogen-bond acceptors (Lipinski definition) is 3. The number of pyridine rings is 1. The van der Waals surface area contributed by atoms with Crippen LogP contribution in [-0.4, -0.2) is 30.7 Å². The summed E-state index contributed by atoms with van der Waals surface area (Å²) in [4.78, 5) is 15.6. The molecule has 0 aliphatic carbocycles. The lowest BCUT2D eigenvalue weighted by molar-refractivity contribution is 0.0697. The Balaban J connectivity index is 1.60. The van der Waals surface area contributed by atoms with Crippen LogP contribution in [0.15, 0.2) is 79.3 Å². The molecule has 0 unspecified atom stereocenters. The Morgan fingerprint density at radius 1 is 0.900 bits per heavy atom. The van der Waals surface area contributed by atoms with Crippen molar-refractivity contribution >= 4 is 11.6 Å². The Bertz CT molecular complexity index is 1370. The molecule has 0 spiro atoms. The zero-order chi connectivity index (χ0) is 20.7. The second kappa shape index (κ2) is 6.97. The van der Waals surface area contributed by atoms with Crippen LogP contribution in [0.25, 0.3) is 39.3 Å². The van der Waals surface area contributed by atoms with Crippen molar-refractivity contribution in [3.63, 3.8) is 0 Å². The highest BCUT2D eigenvalue weighted by Crippen LogP contribution is 2.31. The molecule has 0 aliphatic heterocycles. The second-order valence-corrected chi connectivity index (χ2v) is 6.84. The van der Waals surface area contributed by atoms with Crippen LogP contribution in [-0.2, 0) is 0 Å². The number of aromatic carboxylic acids is 1. The molecule has 30 heavy (non-hydrogen) atoms. The van der Waals surface area contributed by atoms with E-state index in [-0.39, 0.29) is 11.4 Å². The molecule has 0 bridgehead atoms. The molecule has 2 aromatic carbocycles. The fourth-order valence-electron chi connectivity index (χ4n) is 3.48. The highest BCUT2D eigenvalue weighted by molar-refractivity contribution is 5.88. The minimum absolute atomic E-state index is 0.232. The fraction of sp³-hybridized carbons (Fsp3) is 0. The van der Waals surface area contributed by atoms with E-state index < -0.39 is 5.97 Å². The SMILES string of the molecule is O=C(O)c1ccc(-c2cnc3ccc(-c4cn[nH]c4-c4ccc(F)cc4)cn23)cc1. The molecule has 146 valence electrons. The summed E-state index contributed by atoms with van der Waals surface area (Å²) in [6.45, 7) is 0. The van der Waals surface area contributed by atoms with E-state index in [1.165, 1.54) is 12.1 Å². The molecule has 5 rings (SSSR count). The van der Waals surface area contributed by atoms with E-state index in [1.807, 2.05) is 22.7 Å². The van der Waals surface area contributed by atoms with E-state index in [9.17, 15) is 9.18 Å². The van der Waals surface area contributed by atoms with Crippen LogP contribution in [0.4, 0.5) is 4.39 Å². The Labute approximate surface area is 170 Å². The molecule has 3 aromatic heterocycles. The monoisotopic (exact) mass is 398 g/mol. The fourth-order valence-corrected chi connectivity index (χ4v) is 3.48. The lowest BCUT2D eigenvalue weighted by atomic mass is 10.0. The van der Waals surface area contributed by atoms with Gasteiger partial charge in [-0.25, -0.2) is 14.2 Å². The van der Waals surface area contributed by atoms with Gasteiger partial charge in [0.05, 0.1) is 29.3 Å². The molecule has 6 nitrogen and oxygen atoms in total. The highest BCUT2D eigenvalue weighted by atomic mass is 19.1. The lowest BCUT2D eigenvalue weighted by Crippen LogP contribution is -1.95. The van der Waals surface area contributed by atoms with E-state index >= 15 is 0 Å². The van der Waals surface area contributed by atoms with Gasteiger partial charge in [-0.2, -0.15) is 5.10 Å². The number of carboxylic acids is 1. The molecule has 0 aliphatic rings. The third-order valence-electron chi connectivity index (χ3n) is 5.02. The molecule has 0 saturated heterocycles. The number of carboxylic acid groups (broad SMARTS) is 1. The van der Waals surface area contributed by atoms with Crippen LogP contribution < -0.4 is 0 Å². The van der Waals surface area contributed by atoms with Crippen molar-refractivity contribution < 1.29 is 14.3 Å². The number of nitrogens with one attached hydrogen (secondary N) is 1. The van der Waals surface area contributed by atoms with Crippen molar-refractivity contribution in [1.29, 1.82) is 0 Å². The molecule has 0 saturated carbocycles. The summed E-state index contributed by atoms with van der Waals surface area (Å²) >= 11 is 0. The largest absolute Gasteiger partial charge is 0.478 e. The van der Waals surface area contributed by atoms with E-state index in [0.29, 0.717) is 0 Å². The summed E-state index contributed by atoms with van der Waals surface area (Å²) < 4.78 is 15.2. The first-order valence-electron chi connectivity index (χ1n) is 9.21. The van der Waals surface area contributed by atoms with E-state index in [2.05, 4.69) is 15.2 Å². The summed E-state index contributed by atoms with van der Waals surface area (Å²) in [7, 11) is 0. The number of nitrogens with zero attached hydrogens (tertiary/aromatic N) is 3. The van der Waals surface area contributed by atoms with Crippen LogP contribution in [0.2, 0.25) is 0 Å². The maximum absolute atomic E-state index is 13.3. The van der Waals surface area contributed by atoms with Crippen LogP contribution in [0, 0.1) is 5.82 Å². The highest BCUT2D eigenvalue weighted by Gasteiger charge is 2.13. The molecular formula is C23H15FN4O2. The van der Waals surface area contributed by atoms with Crippen molar-refractivity contribution in [2.24, 2.45) is 0 Å². The number of imidazole rings is 1. The number of carbonyl (C=O) groups is 1. The molecule has 3 heterocycles. The third kappa shape index (κ3) is 3.02. The molecule has 0 radical (unpaired) electrons. The van der Waals surface area contributed by atoms with Crippen molar-refractivity contribution in [3.05, 3.63) is 90.6 Å². The van der Waals surface area contributed by atoms with Crippen LogP contribution in [0.1, 0.15) is 10.4 Å². The van der Waals surface area contributed by atoms with Gasteiger partial charge in [0.1, 0.15) is 11.5 Å². The van der Waals surface area contributed by atoms with Crippen molar-refractivity contribution in [3.8, 4) is 33.6 Å². The van der Waals surface area contributed by atoms with E-state index in [4.69, 9.17) is 5.11 Å². The zero-order valence-corrected chi connectivity index (χ0v) is 15.6. The minimum Gasteiger partial charge on any atom is -0.478 e. The van der Waals surface area contributed by atoms with Gasteiger partial charge in [0.15, 0.2) is 0 Å². The maximum atomic E-state index is 13.3. The number of aromatic nitrogens is 4. The summed E-state index contributed by atoms with van der Waals surface area (Å²) in [6.07, 6.45) is 5.45. The maximum Gasteiger partial charge on any atom is 0.335 e. The van der Waals surface area contributed by atoms with Crippen molar-refractivity contribution in [2.75, 3.05) is 0 Å². The number of H-pyrrole nitrogens is 1. The minimum atomic E-state index is -0.963. The Kier molecular flexibility index (Phi) is 4.14. The van der Waals surface area contributed by atoms with Crippen molar-refractivity contribution in [2.45, 2.75) is 0 Å². The van der Waals surface area contributed by atoms with Crippen LogP contribution >= 0.6 is 0 Å². The Morgan fingerprint density at radius 3 is 2.33 bits per heavy atom. The van der Waals surface area contributed by atoms with Crippen LogP contribution in [0.5, 0.6) is 0 Å².